The Kier molecular flexibility index (Phi) is 2.45. The maximum absolute atomic E-state index is 11.6. The normalized spacial score (nSPS) is 55.8. The van der Waals surface area contributed by atoms with Crippen molar-refractivity contribution in [3.05, 3.63) is 29.8 Å². The molecule has 4 heteroatoms. The highest BCUT2D eigenvalue weighted by Gasteiger charge is 2.76. The Labute approximate surface area is 143 Å². The van der Waals surface area contributed by atoms with Gasteiger partial charge >= 0.3 is 0 Å². The average Bonchev–Trinajstić information content (AvgIpc) is 2.97. The molecule has 5 bridgehead atoms. The fourth-order valence-electron chi connectivity index (χ4n) is 7.88. The summed E-state index contributed by atoms with van der Waals surface area (Å²) >= 11 is 0. The van der Waals surface area contributed by atoms with E-state index < -0.39 is 0 Å². The van der Waals surface area contributed by atoms with Crippen LogP contribution in [0.3, 0.4) is 0 Å². The van der Waals surface area contributed by atoms with Gasteiger partial charge in [0.05, 0.1) is 12.1 Å². The number of hydrogen-bond donors (Lipinski definition) is 2. The summed E-state index contributed by atoms with van der Waals surface area (Å²) in [4.78, 5) is 4.83. The molecule has 7 rings (SSSR count). The molecule has 1 aliphatic carbocycles. The molecule has 1 aromatic carbocycles. The van der Waals surface area contributed by atoms with Gasteiger partial charge in [0.15, 0.2) is 0 Å². The lowest BCUT2D eigenvalue weighted by Crippen LogP contribution is -2.72. The highest BCUT2D eigenvalue weighted by molar-refractivity contribution is 5.67. The van der Waals surface area contributed by atoms with E-state index in [9.17, 15) is 10.2 Å². The monoisotopic (exact) mass is 326 g/mol. The molecule has 0 radical (unpaired) electrons. The summed E-state index contributed by atoms with van der Waals surface area (Å²) in [7, 11) is 2.19. The molecule has 6 aliphatic rings. The molecule has 0 amide bonds. The number of aliphatic hydroxyl groups excluding tert-OH is 2. The first-order valence-corrected chi connectivity index (χ1v) is 9.57. The molecule has 2 N–H and O–H groups in total. The number of piperidine rings is 4. The molecule has 1 spiro atoms. The molecule has 5 aliphatic heterocycles. The number of benzene rings is 1. The number of fused-ring (bicyclic) bond motifs is 2. The van der Waals surface area contributed by atoms with Crippen molar-refractivity contribution in [1.82, 2.24) is 4.90 Å². The van der Waals surface area contributed by atoms with Gasteiger partial charge < -0.3 is 15.1 Å². The Bertz CT molecular complexity index is 723. The summed E-state index contributed by atoms with van der Waals surface area (Å²) in [5, 5.41) is 22.6. The van der Waals surface area contributed by atoms with Crippen LogP contribution < -0.4 is 4.90 Å². The fourth-order valence-corrected chi connectivity index (χ4v) is 7.88. The molecule has 4 nitrogen and oxygen atoms in total. The molecule has 2 unspecified atom stereocenters. The van der Waals surface area contributed by atoms with Crippen LogP contribution in [-0.4, -0.2) is 52.6 Å². The summed E-state index contributed by atoms with van der Waals surface area (Å²) in [6.07, 6.45) is 2.56. The number of nitrogens with zero attached hydrogens (tertiary/aromatic N) is 2. The predicted molar refractivity (Wildman–Crippen MR) is 91.7 cm³/mol. The molecule has 4 saturated heterocycles. The molecule has 24 heavy (non-hydrogen) atoms. The third-order valence-corrected chi connectivity index (χ3v) is 8.46. The standard InChI is InChI=1S/C20H26N2O2/c1-3-10-11-8-14-17-20(12-6-4-5-7-13(12)21(17)2)9-15(16(11)18(20)23)22(14)19(10)24/h4-7,10-11,14-19,23-24H,3,8-9H2,1-2H3/t10-,11-,14-,15-,16?,17-,18-,19+,20+/m0/s1. The quantitative estimate of drug-likeness (QED) is 0.822. The van der Waals surface area contributed by atoms with Gasteiger partial charge in [-0.25, -0.2) is 0 Å². The molecule has 1 saturated carbocycles. The Hall–Kier alpha value is -1.10. The molecular formula is C20H26N2O2. The number of anilines is 1. The molecule has 5 fully saturated rings. The van der Waals surface area contributed by atoms with Gasteiger partial charge in [-0.1, -0.05) is 25.1 Å². The van der Waals surface area contributed by atoms with E-state index in [1.165, 1.54) is 11.3 Å². The summed E-state index contributed by atoms with van der Waals surface area (Å²) in [6, 6.07) is 9.70. The topological polar surface area (TPSA) is 46.9 Å². The van der Waals surface area contributed by atoms with Crippen molar-refractivity contribution in [2.24, 2.45) is 17.8 Å². The van der Waals surface area contributed by atoms with Crippen molar-refractivity contribution in [2.75, 3.05) is 11.9 Å². The lowest BCUT2D eigenvalue weighted by atomic mass is 9.62. The van der Waals surface area contributed by atoms with E-state index in [-0.39, 0.29) is 17.7 Å². The van der Waals surface area contributed by atoms with Gasteiger partial charge in [-0.05, 0) is 36.8 Å². The van der Waals surface area contributed by atoms with Gasteiger partial charge in [0.2, 0.25) is 0 Å². The molecule has 5 heterocycles. The Morgan fingerprint density at radius 2 is 2.00 bits per heavy atom. The van der Waals surface area contributed by atoms with Crippen LogP contribution in [0.25, 0.3) is 0 Å². The van der Waals surface area contributed by atoms with Crippen LogP contribution in [0.5, 0.6) is 0 Å². The highest BCUT2D eigenvalue weighted by atomic mass is 16.3. The van der Waals surface area contributed by atoms with Crippen molar-refractivity contribution in [3.63, 3.8) is 0 Å². The highest BCUT2D eigenvalue weighted by Crippen LogP contribution is 2.68. The van der Waals surface area contributed by atoms with Crippen molar-refractivity contribution in [1.29, 1.82) is 0 Å². The van der Waals surface area contributed by atoms with E-state index in [0.29, 0.717) is 35.9 Å². The predicted octanol–water partition coefficient (Wildman–Crippen LogP) is 1.55. The van der Waals surface area contributed by atoms with E-state index in [0.717, 1.165) is 19.3 Å². The Morgan fingerprint density at radius 3 is 2.79 bits per heavy atom. The first-order chi connectivity index (χ1) is 11.6. The van der Waals surface area contributed by atoms with Gasteiger partial charge in [0.25, 0.3) is 0 Å². The van der Waals surface area contributed by atoms with Crippen LogP contribution in [0.4, 0.5) is 5.69 Å². The van der Waals surface area contributed by atoms with Crippen LogP contribution in [-0.2, 0) is 5.41 Å². The van der Waals surface area contributed by atoms with Crippen molar-refractivity contribution >= 4 is 5.69 Å². The number of para-hydroxylation sites is 1. The molecular weight excluding hydrogens is 300 g/mol. The second kappa shape index (κ2) is 4.17. The van der Waals surface area contributed by atoms with E-state index >= 15 is 0 Å². The smallest absolute Gasteiger partial charge is 0.111 e. The molecule has 0 aromatic heterocycles. The Morgan fingerprint density at radius 1 is 1.21 bits per heavy atom. The molecule has 128 valence electrons. The average molecular weight is 326 g/mol. The van der Waals surface area contributed by atoms with Crippen molar-refractivity contribution < 1.29 is 10.2 Å². The number of likely N-dealkylation sites (N-methyl/N-ethyl adjacent to an activating group) is 1. The fraction of sp³-hybridized carbons (Fsp3) is 0.700. The van der Waals surface area contributed by atoms with E-state index in [4.69, 9.17) is 0 Å². The zero-order valence-electron chi connectivity index (χ0n) is 14.3. The summed E-state index contributed by atoms with van der Waals surface area (Å²) in [6.45, 7) is 2.19. The zero-order valence-corrected chi connectivity index (χ0v) is 14.3. The minimum atomic E-state index is -0.319. The molecule has 1 aromatic rings. The van der Waals surface area contributed by atoms with E-state index in [1.54, 1.807) is 0 Å². The summed E-state index contributed by atoms with van der Waals surface area (Å²) < 4.78 is 0. The summed E-state index contributed by atoms with van der Waals surface area (Å²) in [5.41, 5.74) is 2.51. The van der Waals surface area contributed by atoms with Crippen LogP contribution in [0, 0.1) is 17.8 Å². The number of aliphatic hydroxyl groups is 2. The maximum atomic E-state index is 11.6. The minimum Gasteiger partial charge on any atom is -0.392 e. The van der Waals surface area contributed by atoms with Gasteiger partial charge in [-0.3, -0.25) is 4.90 Å². The lowest BCUT2D eigenvalue weighted by molar-refractivity contribution is -0.211. The second-order valence-corrected chi connectivity index (χ2v) is 8.81. The van der Waals surface area contributed by atoms with Crippen molar-refractivity contribution in [2.45, 2.75) is 62.1 Å². The number of hydrogen-bond acceptors (Lipinski definition) is 4. The first-order valence-electron chi connectivity index (χ1n) is 9.57. The lowest BCUT2D eigenvalue weighted by Gasteiger charge is -2.62. The van der Waals surface area contributed by atoms with Crippen LogP contribution in [0.15, 0.2) is 24.3 Å². The first kappa shape index (κ1) is 14.1. The van der Waals surface area contributed by atoms with Crippen LogP contribution in [0.1, 0.15) is 31.7 Å². The van der Waals surface area contributed by atoms with Crippen LogP contribution in [0.2, 0.25) is 0 Å². The largest absolute Gasteiger partial charge is 0.392 e. The van der Waals surface area contributed by atoms with Gasteiger partial charge in [-0.15, -0.1) is 0 Å². The van der Waals surface area contributed by atoms with Crippen LogP contribution >= 0.6 is 0 Å². The Balaban J connectivity index is 1.60. The third-order valence-electron chi connectivity index (χ3n) is 8.46. The maximum Gasteiger partial charge on any atom is 0.111 e. The third kappa shape index (κ3) is 1.20. The molecule has 10 atom stereocenters. The SMILES string of the molecule is CC[C@H]1[C@@H]2C[C@H]3[C@@H]4N(C)c5ccccc5[C@]45C[C@@H](C2[C@@H]5O)N3[C@@H]1O. The summed E-state index contributed by atoms with van der Waals surface area (Å²) in [5.74, 6) is 1.14. The zero-order chi connectivity index (χ0) is 16.4. The van der Waals surface area contributed by atoms with Gasteiger partial charge in [0, 0.05) is 42.1 Å². The van der Waals surface area contributed by atoms with E-state index in [1.807, 2.05) is 0 Å². The number of rotatable bonds is 1. The van der Waals surface area contributed by atoms with Crippen molar-refractivity contribution in [3.8, 4) is 0 Å². The minimum absolute atomic E-state index is 0.126. The second-order valence-electron chi connectivity index (χ2n) is 8.81. The van der Waals surface area contributed by atoms with Gasteiger partial charge in [0.1, 0.15) is 6.23 Å². The van der Waals surface area contributed by atoms with Gasteiger partial charge in [-0.2, -0.15) is 0 Å². The van der Waals surface area contributed by atoms with E-state index in [2.05, 4.69) is 48.0 Å².